The van der Waals surface area contributed by atoms with E-state index in [0.29, 0.717) is 0 Å². The molecule has 0 bridgehead atoms. The van der Waals surface area contributed by atoms with E-state index in [9.17, 15) is 5.26 Å². The lowest BCUT2D eigenvalue weighted by molar-refractivity contribution is 1.37. The van der Waals surface area contributed by atoms with Gasteiger partial charge in [-0.15, -0.1) is 0 Å². The SMILES string of the molecule is Cc1ccc(-c2cc(C)c(-c3ccc4c5c(-c6ccccc6)c6cc7c8ccccc8c8cccc(c6c(-c6ccccc6)c5c5cccc3c45)c87)c(C)c2)cc1C#N. The van der Waals surface area contributed by atoms with Gasteiger partial charge in [0.15, 0.2) is 0 Å². The van der Waals surface area contributed by atoms with Crippen molar-refractivity contribution >= 4 is 75.4 Å². The van der Waals surface area contributed by atoms with Crippen molar-refractivity contribution in [1.29, 1.82) is 5.26 Å². The normalized spacial score (nSPS) is 12.0. The summed E-state index contributed by atoms with van der Waals surface area (Å²) >= 11 is 0. The summed E-state index contributed by atoms with van der Waals surface area (Å²) in [5.41, 5.74) is 13.9. The Morgan fingerprint density at radius 1 is 0.305 bits per heavy atom. The largest absolute Gasteiger partial charge is 0.192 e. The van der Waals surface area contributed by atoms with Gasteiger partial charge in [0.25, 0.3) is 0 Å². The van der Waals surface area contributed by atoms with Crippen LogP contribution in [-0.4, -0.2) is 0 Å². The first-order chi connectivity index (χ1) is 29.0. The Morgan fingerprint density at radius 3 is 1.54 bits per heavy atom. The average Bonchev–Trinajstić information content (AvgIpc) is 3.78. The maximum Gasteiger partial charge on any atom is 0.0994 e. The molecule has 0 fully saturated rings. The Kier molecular flexibility index (Phi) is 7.11. The first kappa shape index (κ1) is 33.6. The van der Waals surface area contributed by atoms with Crippen LogP contribution in [0.3, 0.4) is 0 Å². The van der Waals surface area contributed by atoms with Crippen molar-refractivity contribution in [2.45, 2.75) is 20.8 Å². The van der Waals surface area contributed by atoms with E-state index in [1.807, 2.05) is 13.0 Å². The first-order valence-corrected chi connectivity index (χ1v) is 20.5. The number of aryl methyl sites for hydroxylation is 3. The first-order valence-electron chi connectivity index (χ1n) is 20.5. The zero-order valence-electron chi connectivity index (χ0n) is 33.1. The summed E-state index contributed by atoms with van der Waals surface area (Å²) < 4.78 is 0. The lowest BCUT2D eigenvalue weighted by Crippen LogP contribution is -1.93. The van der Waals surface area contributed by atoms with Crippen LogP contribution in [-0.2, 0) is 0 Å². The fourth-order valence-corrected chi connectivity index (χ4v) is 10.7. The van der Waals surface area contributed by atoms with E-state index in [-0.39, 0.29) is 0 Å². The van der Waals surface area contributed by atoms with Gasteiger partial charge in [-0.1, -0.05) is 158 Å². The zero-order chi connectivity index (χ0) is 39.5. The number of nitrogens with zero attached hydrogens (tertiary/aromatic N) is 1. The topological polar surface area (TPSA) is 23.8 Å². The highest BCUT2D eigenvalue weighted by Gasteiger charge is 2.27. The Bertz CT molecular complexity index is 3710. The van der Waals surface area contributed by atoms with Crippen molar-refractivity contribution in [2.24, 2.45) is 0 Å². The third-order valence-corrected chi connectivity index (χ3v) is 13.1. The second-order valence-electron chi connectivity index (χ2n) is 16.4. The lowest BCUT2D eigenvalue weighted by atomic mass is 9.84. The molecular formula is C58H37N. The molecule has 59 heavy (non-hydrogen) atoms. The van der Waals surface area contributed by atoms with E-state index in [1.54, 1.807) is 0 Å². The zero-order valence-corrected chi connectivity index (χ0v) is 33.1. The predicted molar refractivity (Wildman–Crippen MR) is 252 cm³/mol. The molecule has 0 unspecified atom stereocenters. The molecule has 1 nitrogen and oxygen atoms in total. The molecule has 0 saturated heterocycles. The molecule has 12 rings (SSSR count). The minimum Gasteiger partial charge on any atom is -0.192 e. The maximum atomic E-state index is 9.78. The minimum absolute atomic E-state index is 0.720. The van der Waals surface area contributed by atoms with Gasteiger partial charge in [-0.2, -0.15) is 5.26 Å². The van der Waals surface area contributed by atoms with Crippen LogP contribution in [0.25, 0.3) is 120 Å². The molecule has 12 aromatic carbocycles. The highest BCUT2D eigenvalue weighted by atomic mass is 14.3. The molecule has 0 heterocycles. The molecule has 0 N–H and O–H groups in total. The Balaban J connectivity index is 1.25. The van der Waals surface area contributed by atoms with Crippen LogP contribution in [0.15, 0.2) is 170 Å². The molecule has 0 saturated carbocycles. The predicted octanol–water partition coefficient (Wildman–Crippen LogP) is 16.1. The van der Waals surface area contributed by atoms with E-state index < -0.39 is 0 Å². The van der Waals surface area contributed by atoms with Crippen molar-refractivity contribution in [3.63, 3.8) is 0 Å². The van der Waals surface area contributed by atoms with E-state index in [4.69, 9.17) is 0 Å². The van der Waals surface area contributed by atoms with Crippen LogP contribution >= 0.6 is 0 Å². The fourth-order valence-electron chi connectivity index (χ4n) is 10.7. The summed E-state index contributed by atoms with van der Waals surface area (Å²) in [5, 5.41) is 28.0. The van der Waals surface area contributed by atoms with E-state index >= 15 is 0 Å². The van der Waals surface area contributed by atoms with Crippen LogP contribution < -0.4 is 0 Å². The summed E-state index contributed by atoms with van der Waals surface area (Å²) in [6.07, 6.45) is 0. The van der Waals surface area contributed by atoms with Crippen LogP contribution in [0.2, 0.25) is 0 Å². The van der Waals surface area contributed by atoms with Crippen LogP contribution in [0.1, 0.15) is 22.3 Å². The molecule has 0 spiro atoms. The van der Waals surface area contributed by atoms with Crippen LogP contribution in [0, 0.1) is 32.1 Å². The Hall–Kier alpha value is -7.53. The highest BCUT2D eigenvalue weighted by molar-refractivity contribution is 6.45. The highest BCUT2D eigenvalue weighted by Crippen LogP contribution is 2.55. The maximum absolute atomic E-state index is 9.78. The summed E-state index contributed by atoms with van der Waals surface area (Å²) in [5.74, 6) is 0. The third kappa shape index (κ3) is 4.66. The summed E-state index contributed by atoms with van der Waals surface area (Å²) in [6, 6.07) is 65.4. The van der Waals surface area contributed by atoms with Crippen molar-refractivity contribution in [2.75, 3.05) is 0 Å². The quantitative estimate of drug-likeness (QED) is 0.165. The van der Waals surface area contributed by atoms with E-state index in [0.717, 1.165) is 22.3 Å². The third-order valence-electron chi connectivity index (χ3n) is 13.1. The van der Waals surface area contributed by atoms with Gasteiger partial charge in [0.2, 0.25) is 0 Å². The smallest absolute Gasteiger partial charge is 0.0994 e. The minimum atomic E-state index is 0.720. The monoisotopic (exact) mass is 747 g/mol. The van der Waals surface area contributed by atoms with E-state index in [2.05, 4.69) is 184 Å². The second-order valence-corrected chi connectivity index (χ2v) is 16.4. The second kappa shape index (κ2) is 12.5. The Labute approximate surface area is 342 Å². The molecular weight excluding hydrogens is 711 g/mol. The van der Waals surface area contributed by atoms with Crippen molar-refractivity contribution in [3.8, 4) is 50.6 Å². The molecule has 274 valence electrons. The average molecular weight is 748 g/mol. The van der Waals surface area contributed by atoms with Gasteiger partial charge in [0.05, 0.1) is 11.6 Å². The standard InChI is InChI=1S/C58H37N/c1-33-24-25-38(30-40(33)32-59)39-28-34(2)51(35(3)29-39)45-26-27-48-54-44(45)21-13-23-47(54)58-53(37-16-8-5-9-17-37)56-46-22-12-20-43-41-18-10-11-19-42(41)49(55(43)46)31-50(56)52(57(48)58)36-14-6-4-7-15-36/h4-31H,1-3H3. The van der Waals surface area contributed by atoms with Crippen molar-refractivity contribution in [3.05, 3.63) is 192 Å². The summed E-state index contributed by atoms with van der Waals surface area (Å²) in [4.78, 5) is 0. The summed E-state index contributed by atoms with van der Waals surface area (Å²) in [6.45, 7) is 6.46. The molecule has 12 aromatic rings. The lowest BCUT2D eigenvalue weighted by Gasteiger charge is -2.19. The number of hydrogen-bond acceptors (Lipinski definition) is 1. The molecule has 0 aliphatic rings. The number of benzene rings is 10. The van der Waals surface area contributed by atoms with Gasteiger partial charge in [0, 0.05) is 0 Å². The Morgan fingerprint density at radius 2 is 0.847 bits per heavy atom. The van der Waals surface area contributed by atoms with Gasteiger partial charge < -0.3 is 0 Å². The van der Waals surface area contributed by atoms with Gasteiger partial charge in [-0.3, -0.25) is 0 Å². The fraction of sp³-hybridized carbons (Fsp3) is 0.0517. The van der Waals surface area contributed by atoms with Gasteiger partial charge in [-0.25, -0.2) is 0 Å². The van der Waals surface area contributed by atoms with Crippen molar-refractivity contribution in [1.82, 2.24) is 0 Å². The van der Waals surface area contributed by atoms with Crippen LogP contribution in [0.4, 0.5) is 0 Å². The molecule has 0 atom stereocenters. The summed E-state index contributed by atoms with van der Waals surface area (Å²) in [7, 11) is 0. The molecule has 0 aliphatic carbocycles. The van der Waals surface area contributed by atoms with Gasteiger partial charge in [0.1, 0.15) is 0 Å². The molecule has 0 aliphatic heterocycles. The molecule has 0 aromatic heterocycles. The van der Waals surface area contributed by atoms with Crippen LogP contribution in [0.5, 0.6) is 0 Å². The number of rotatable bonds is 4. The number of hydrogen-bond donors (Lipinski definition) is 0. The van der Waals surface area contributed by atoms with Gasteiger partial charge >= 0.3 is 0 Å². The molecule has 0 amide bonds. The number of fused-ring (bicyclic) bond motifs is 8. The van der Waals surface area contributed by atoms with Gasteiger partial charge in [-0.05, 0) is 170 Å². The molecule has 1 heteroatoms. The molecule has 0 radical (unpaired) electrons. The van der Waals surface area contributed by atoms with Crippen molar-refractivity contribution < 1.29 is 0 Å². The van der Waals surface area contributed by atoms with E-state index in [1.165, 1.54) is 120 Å². The number of nitriles is 1.